The average molecular weight is 386 g/mol. The Balaban J connectivity index is 1.51. The van der Waals surface area contributed by atoms with Crippen molar-refractivity contribution < 1.29 is 9.53 Å². The van der Waals surface area contributed by atoms with Crippen LogP contribution in [0.25, 0.3) is 0 Å². The van der Waals surface area contributed by atoms with Crippen LogP contribution >= 0.6 is 0 Å². The number of hydrogen-bond acceptors (Lipinski definition) is 6. The summed E-state index contributed by atoms with van der Waals surface area (Å²) in [7, 11) is 1.82. The third kappa shape index (κ3) is 3.30. The molecule has 4 rings (SSSR count). The van der Waals surface area contributed by atoms with Gasteiger partial charge in [-0.25, -0.2) is 4.98 Å². The van der Waals surface area contributed by atoms with Crippen LogP contribution in [0.4, 0.5) is 5.95 Å². The molecule has 2 aliphatic rings. The largest absolute Gasteiger partial charge is 0.369 e. The van der Waals surface area contributed by atoms with Gasteiger partial charge in [0.25, 0.3) is 11.5 Å². The summed E-state index contributed by atoms with van der Waals surface area (Å²) in [5.74, 6) is 0.567. The van der Waals surface area contributed by atoms with Crippen molar-refractivity contribution in [2.24, 2.45) is 7.05 Å². The minimum absolute atomic E-state index is 0.00268. The number of piperazine rings is 1. The van der Waals surface area contributed by atoms with Crippen LogP contribution in [-0.4, -0.2) is 62.8 Å². The summed E-state index contributed by atoms with van der Waals surface area (Å²) < 4.78 is 7.54. The monoisotopic (exact) mass is 386 g/mol. The first-order chi connectivity index (χ1) is 13.3. The van der Waals surface area contributed by atoms with Gasteiger partial charge in [0.2, 0.25) is 5.95 Å². The SMILES string of the molecule is Cc1cc(=O)[nH]c(N2CCN(C(=O)c3c4c(nn3C)[C@H](C)O[C@H](C)C4)CC2)n1. The van der Waals surface area contributed by atoms with Crippen molar-refractivity contribution >= 4 is 11.9 Å². The van der Waals surface area contributed by atoms with Gasteiger partial charge < -0.3 is 14.5 Å². The lowest BCUT2D eigenvalue weighted by Gasteiger charge is -2.35. The maximum absolute atomic E-state index is 13.3. The normalized spacial score (nSPS) is 22.3. The van der Waals surface area contributed by atoms with Gasteiger partial charge in [-0.15, -0.1) is 0 Å². The molecule has 2 atom stereocenters. The van der Waals surface area contributed by atoms with E-state index in [2.05, 4.69) is 15.1 Å². The highest BCUT2D eigenvalue weighted by molar-refractivity contribution is 5.94. The third-order valence-electron chi connectivity index (χ3n) is 5.42. The lowest BCUT2D eigenvalue weighted by molar-refractivity contribution is -0.00714. The summed E-state index contributed by atoms with van der Waals surface area (Å²) in [6.45, 7) is 8.17. The quantitative estimate of drug-likeness (QED) is 0.820. The molecule has 0 radical (unpaired) electrons. The number of aromatic nitrogens is 4. The van der Waals surface area contributed by atoms with E-state index in [0.29, 0.717) is 49.9 Å². The standard InChI is InChI=1S/C19H26N6O3/c1-11-9-15(26)21-19(20-11)25-7-5-24(6-8-25)18(27)17-14-10-12(2)28-13(3)16(14)22-23(17)4/h9,12-13H,5-8,10H2,1-4H3,(H,20,21,26)/t12-,13+/m1/s1. The van der Waals surface area contributed by atoms with E-state index in [-0.39, 0.29) is 23.7 Å². The molecule has 4 heterocycles. The molecule has 2 aliphatic heterocycles. The molecular formula is C19H26N6O3. The van der Waals surface area contributed by atoms with E-state index >= 15 is 0 Å². The van der Waals surface area contributed by atoms with E-state index < -0.39 is 0 Å². The van der Waals surface area contributed by atoms with Gasteiger partial charge >= 0.3 is 0 Å². The number of carbonyl (C=O) groups is 1. The molecule has 9 heteroatoms. The van der Waals surface area contributed by atoms with Gasteiger partial charge in [0.15, 0.2) is 0 Å². The summed E-state index contributed by atoms with van der Waals surface area (Å²) in [6, 6.07) is 1.47. The van der Waals surface area contributed by atoms with E-state index in [1.807, 2.05) is 30.7 Å². The minimum Gasteiger partial charge on any atom is -0.369 e. The Labute approximate surface area is 163 Å². The fraction of sp³-hybridized carbons (Fsp3) is 0.579. The summed E-state index contributed by atoms with van der Waals surface area (Å²) in [5.41, 5.74) is 3.06. The molecule has 1 N–H and O–H groups in total. The lowest BCUT2D eigenvalue weighted by atomic mass is 9.99. The number of anilines is 1. The van der Waals surface area contributed by atoms with E-state index in [9.17, 15) is 9.59 Å². The first kappa shape index (κ1) is 18.7. The Morgan fingerprint density at radius 2 is 1.96 bits per heavy atom. The number of aromatic amines is 1. The Morgan fingerprint density at radius 1 is 1.25 bits per heavy atom. The number of hydrogen-bond donors (Lipinski definition) is 1. The average Bonchev–Trinajstić information content (AvgIpc) is 2.97. The molecule has 1 amide bonds. The van der Waals surface area contributed by atoms with E-state index in [4.69, 9.17) is 4.74 Å². The van der Waals surface area contributed by atoms with Gasteiger partial charge in [-0.1, -0.05) is 0 Å². The van der Waals surface area contributed by atoms with Crippen molar-refractivity contribution in [2.45, 2.75) is 39.4 Å². The molecule has 0 saturated carbocycles. The number of nitrogens with zero attached hydrogens (tertiary/aromatic N) is 5. The Kier molecular flexibility index (Phi) is 4.70. The molecular weight excluding hydrogens is 360 g/mol. The number of nitrogens with one attached hydrogen (secondary N) is 1. The van der Waals surface area contributed by atoms with Crippen LogP contribution in [0.2, 0.25) is 0 Å². The fourth-order valence-electron chi connectivity index (χ4n) is 4.12. The van der Waals surface area contributed by atoms with Gasteiger partial charge in [-0.05, 0) is 20.8 Å². The van der Waals surface area contributed by atoms with E-state index in [0.717, 1.165) is 11.3 Å². The Hall–Kier alpha value is -2.68. The van der Waals surface area contributed by atoms with Gasteiger partial charge in [0.05, 0.1) is 17.9 Å². The van der Waals surface area contributed by atoms with Crippen LogP contribution < -0.4 is 10.5 Å². The smallest absolute Gasteiger partial charge is 0.272 e. The summed E-state index contributed by atoms with van der Waals surface area (Å²) in [4.78, 5) is 36.0. The molecule has 0 unspecified atom stereocenters. The second-order valence-corrected chi connectivity index (χ2v) is 7.62. The molecule has 9 nitrogen and oxygen atoms in total. The number of ether oxygens (including phenoxy) is 1. The van der Waals surface area contributed by atoms with E-state index in [1.54, 1.807) is 11.6 Å². The summed E-state index contributed by atoms with van der Waals surface area (Å²) >= 11 is 0. The maximum Gasteiger partial charge on any atom is 0.272 e. The molecule has 0 aliphatic carbocycles. The predicted molar refractivity (Wildman–Crippen MR) is 104 cm³/mol. The van der Waals surface area contributed by atoms with Crippen LogP contribution in [0.5, 0.6) is 0 Å². The van der Waals surface area contributed by atoms with Gasteiger partial charge in [0, 0.05) is 57.0 Å². The second kappa shape index (κ2) is 7.05. The minimum atomic E-state index is -0.159. The zero-order chi connectivity index (χ0) is 20.0. The first-order valence-electron chi connectivity index (χ1n) is 9.67. The highest BCUT2D eigenvalue weighted by Gasteiger charge is 2.34. The molecule has 0 spiro atoms. The zero-order valence-corrected chi connectivity index (χ0v) is 16.7. The van der Waals surface area contributed by atoms with Crippen molar-refractivity contribution in [3.63, 3.8) is 0 Å². The van der Waals surface area contributed by atoms with Crippen molar-refractivity contribution in [3.8, 4) is 0 Å². The van der Waals surface area contributed by atoms with Crippen LogP contribution in [0.15, 0.2) is 10.9 Å². The molecule has 1 fully saturated rings. The molecule has 28 heavy (non-hydrogen) atoms. The highest BCUT2D eigenvalue weighted by atomic mass is 16.5. The van der Waals surface area contributed by atoms with Crippen molar-refractivity contribution in [1.82, 2.24) is 24.6 Å². The second-order valence-electron chi connectivity index (χ2n) is 7.62. The van der Waals surface area contributed by atoms with Crippen LogP contribution in [0.3, 0.4) is 0 Å². The van der Waals surface area contributed by atoms with Crippen molar-refractivity contribution in [3.05, 3.63) is 39.1 Å². The summed E-state index contributed by atoms with van der Waals surface area (Å²) in [6.07, 6.45) is 0.662. The molecule has 0 aromatic carbocycles. The number of amides is 1. The zero-order valence-electron chi connectivity index (χ0n) is 16.7. The number of fused-ring (bicyclic) bond motifs is 1. The van der Waals surface area contributed by atoms with E-state index in [1.165, 1.54) is 6.07 Å². The fourth-order valence-corrected chi connectivity index (χ4v) is 4.12. The topological polar surface area (TPSA) is 96.4 Å². The third-order valence-corrected chi connectivity index (χ3v) is 5.42. The number of rotatable bonds is 2. The lowest BCUT2D eigenvalue weighted by Crippen LogP contribution is -2.50. The van der Waals surface area contributed by atoms with Crippen molar-refractivity contribution in [2.75, 3.05) is 31.1 Å². The van der Waals surface area contributed by atoms with Crippen LogP contribution in [0.1, 0.15) is 47.4 Å². The maximum atomic E-state index is 13.3. The number of carbonyl (C=O) groups excluding carboxylic acids is 1. The molecule has 1 saturated heterocycles. The highest BCUT2D eigenvalue weighted by Crippen LogP contribution is 2.31. The molecule has 2 aromatic rings. The van der Waals surface area contributed by atoms with Crippen LogP contribution in [0, 0.1) is 6.92 Å². The van der Waals surface area contributed by atoms with Crippen molar-refractivity contribution in [1.29, 1.82) is 0 Å². The van der Waals surface area contributed by atoms with Gasteiger partial charge in [-0.3, -0.25) is 19.3 Å². The van der Waals surface area contributed by atoms with Gasteiger partial charge in [0.1, 0.15) is 5.69 Å². The predicted octanol–water partition coefficient (Wildman–Crippen LogP) is 0.796. The Bertz CT molecular complexity index is 957. The first-order valence-corrected chi connectivity index (χ1v) is 9.67. The van der Waals surface area contributed by atoms with Gasteiger partial charge in [-0.2, -0.15) is 5.10 Å². The molecule has 150 valence electrons. The summed E-state index contributed by atoms with van der Waals surface area (Å²) in [5, 5.41) is 4.55. The molecule has 0 bridgehead atoms. The molecule has 2 aromatic heterocycles. The van der Waals surface area contributed by atoms with Crippen LogP contribution in [-0.2, 0) is 18.2 Å². The number of aryl methyl sites for hydroxylation is 2. The Morgan fingerprint density at radius 3 is 2.64 bits per heavy atom. The number of H-pyrrole nitrogens is 1.